The minimum Gasteiger partial charge on any atom is -0.481 e. The maximum atomic E-state index is 13.0. The fourth-order valence-corrected chi connectivity index (χ4v) is 9.53. The highest BCUT2D eigenvalue weighted by Gasteiger charge is 2.62. The molecule has 0 saturated heterocycles. The Morgan fingerprint density at radius 3 is 2.52 bits per heavy atom. The third-order valence-corrected chi connectivity index (χ3v) is 11.4. The summed E-state index contributed by atoms with van der Waals surface area (Å²) < 4.78 is 0. The number of hydrogen-bond donors (Lipinski definition) is 2. The zero-order valence-corrected chi connectivity index (χ0v) is 21.4. The van der Waals surface area contributed by atoms with Crippen molar-refractivity contribution in [2.45, 2.75) is 123 Å². The first kappa shape index (κ1) is 25.2. The van der Waals surface area contributed by atoms with Crippen LogP contribution in [-0.2, 0) is 9.59 Å². The summed E-state index contributed by atoms with van der Waals surface area (Å²) in [6.45, 7) is 7.08. The molecule has 33 heavy (non-hydrogen) atoms. The summed E-state index contributed by atoms with van der Waals surface area (Å²) in [5.74, 6) is 2.76. The van der Waals surface area contributed by atoms with E-state index in [2.05, 4.69) is 20.8 Å². The number of ketones is 1. The smallest absolute Gasteiger partial charge is 0.303 e. The molecule has 0 aromatic rings. The predicted molar refractivity (Wildman–Crippen MR) is 131 cm³/mol. The molecule has 0 aromatic carbocycles. The van der Waals surface area contributed by atoms with Gasteiger partial charge in [0.15, 0.2) is 0 Å². The van der Waals surface area contributed by atoms with E-state index in [-0.39, 0.29) is 23.4 Å². The monoisotopic (exact) mass is 460 g/mol. The van der Waals surface area contributed by atoms with Crippen LogP contribution in [0, 0.1) is 46.3 Å². The highest BCUT2D eigenvalue weighted by molar-refractivity contribution is 5.80. The number of unbranched alkanes of at least 4 members (excludes halogenated alkanes) is 3. The van der Waals surface area contributed by atoms with Gasteiger partial charge in [-0.1, -0.05) is 52.9 Å². The maximum absolute atomic E-state index is 13.0. The van der Waals surface area contributed by atoms with Crippen molar-refractivity contribution in [2.24, 2.45) is 46.3 Å². The lowest BCUT2D eigenvalue weighted by atomic mass is 9.41. The molecule has 0 aliphatic heterocycles. The molecule has 3 unspecified atom stereocenters. The normalized spacial score (nSPS) is 43.5. The topological polar surface area (TPSA) is 74.6 Å². The molecular weight excluding hydrogens is 412 g/mol. The van der Waals surface area contributed by atoms with Crippen molar-refractivity contribution in [3.05, 3.63) is 0 Å². The van der Waals surface area contributed by atoms with Crippen molar-refractivity contribution in [3.63, 3.8) is 0 Å². The van der Waals surface area contributed by atoms with Crippen LogP contribution in [0.1, 0.15) is 117 Å². The second-order valence-corrected chi connectivity index (χ2v) is 12.8. The number of aliphatic hydroxyl groups is 1. The predicted octanol–water partition coefficient (Wildman–Crippen LogP) is 6.64. The average Bonchev–Trinajstić information content (AvgIpc) is 3.08. The highest BCUT2D eigenvalue weighted by atomic mass is 16.4. The zero-order chi connectivity index (χ0) is 23.8. The number of rotatable bonds is 9. The quantitative estimate of drug-likeness (QED) is 0.378. The summed E-state index contributed by atoms with van der Waals surface area (Å²) >= 11 is 0. The van der Waals surface area contributed by atoms with Gasteiger partial charge in [0.2, 0.25) is 0 Å². The maximum Gasteiger partial charge on any atom is 0.303 e. The largest absolute Gasteiger partial charge is 0.481 e. The van der Waals surface area contributed by atoms with Gasteiger partial charge in [-0.2, -0.15) is 0 Å². The summed E-state index contributed by atoms with van der Waals surface area (Å²) in [5.41, 5.74) is 0.215. The molecule has 4 aliphatic carbocycles. The van der Waals surface area contributed by atoms with Gasteiger partial charge >= 0.3 is 5.97 Å². The highest BCUT2D eigenvalue weighted by Crippen LogP contribution is 2.68. The van der Waals surface area contributed by atoms with E-state index < -0.39 is 5.97 Å². The van der Waals surface area contributed by atoms with Gasteiger partial charge in [-0.15, -0.1) is 0 Å². The number of carbonyl (C=O) groups is 2. The fraction of sp³-hybridized carbons (Fsp3) is 0.931. The molecule has 4 rings (SSSR count). The molecule has 0 radical (unpaired) electrons. The van der Waals surface area contributed by atoms with Gasteiger partial charge in [-0.25, -0.2) is 0 Å². The molecule has 4 nitrogen and oxygen atoms in total. The average molecular weight is 461 g/mol. The molecule has 4 heteroatoms. The number of carbonyl (C=O) groups excluding carboxylic acids is 1. The Morgan fingerprint density at radius 1 is 1.00 bits per heavy atom. The Balaban J connectivity index is 1.62. The number of fused-ring (bicyclic) bond motifs is 5. The van der Waals surface area contributed by atoms with Crippen LogP contribution in [0.25, 0.3) is 0 Å². The van der Waals surface area contributed by atoms with E-state index >= 15 is 0 Å². The van der Waals surface area contributed by atoms with Crippen molar-refractivity contribution in [1.29, 1.82) is 0 Å². The number of hydrogen-bond acceptors (Lipinski definition) is 3. The molecule has 0 aromatic heterocycles. The van der Waals surface area contributed by atoms with Crippen LogP contribution in [0.3, 0.4) is 0 Å². The molecular formula is C29H48O4. The van der Waals surface area contributed by atoms with E-state index in [1.54, 1.807) is 0 Å². The number of Topliss-reactive ketones (excluding diaryl/α,β-unsaturated/α-hetero) is 1. The van der Waals surface area contributed by atoms with E-state index in [1.807, 2.05) is 0 Å². The van der Waals surface area contributed by atoms with Crippen molar-refractivity contribution < 1.29 is 19.8 Å². The van der Waals surface area contributed by atoms with Gasteiger partial charge in [0, 0.05) is 19.3 Å². The Labute approximate surface area is 201 Å². The summed E-state index contributed by atoms with van der Waals surface area (Å²) in [6, 6.07) is 0. The van der Waals surface area contributed by atoms with E-state index in [0.29, 0.717) is 47.7 Å². The van der Waals surface area contributed by atoms with E-state index in [1.165, 1.54) is 32.1 Å². The molecule has 4 fully saturated rings. The summed E-state index contributed by atoms with van der Waals surface area (Å²) in [5, 5.41) is 20.3. The van der Waals surface area contributed by atoms with Gasteiger partial charge in [-0.05, 0) is 91.3 Å². The standard InChI is InChI=1S/C29H48O4/c1-4-5-6-7-8-19(9-14-27(32)33)25-18-21(30)17-20-10-11-22-23-12-13-26(31)28(23,2)16-15-24(22)29(20,25)3/h19-20,22-26,31H,4-18H2,1-3H3,(H,32,33)/t19?,20?,22-,23-,24-,25?,26-,28-,29-/m0/s1. The van der Waals surface area contributed by atoms with Crippen molar-refractivity contribution >= 4 is 11.8 Å². The molecule has 9 atom stereocenters. The number of aliphatic hydroxyl groups excluding tert-OH is 1. The van der Waals surface area contributed by atoms with Gasteiger partial charge < -0.3 is 10.2 Å². The van der Waals surface area contributed by atoms with Crippen LogP contribution in [0.5, 0.6) is 0 Å². The minimum atomic E-state index is -0.702. The van der Waals surface area contributed by atoms with Crippen LogP contribution in [0.15, 0.2) is 0 Å². The van der Waals surface area contributed by atoms with Crippen molar-refractivity contribution in [2.75, 3.05) is 0 Å². The molecule has 2 N–H and O–H groups in total. The summed E-state index contributed by atoms with van der Waals surface area (Å²) in [4.78, 5) is 24.5. The third-order valence-electron chi connectivity index (χ3n) is 11.4. The second kappa shape index (κ2) is 9.99. The van der Waals surface area contributed by atoms with E-state index in [0.717, 1.165) is 51.4 Å². The van der Waals surface area contributed by atoms with Gasteiger partial charge in [0.05, 0.1) is 6.10 Å². The van der Waals surface area contributed by atoms with Crippen molar-refractivity contribution in [1.82, 2.24) is 0 Å². The lowest BCUT2D eigenvalue weighted by molar-refractivity contribution is -0.165. The Kier molecular flexibility index (Phi) is 7.63. The SMILES string of the molecule is CCCCCCC(CCC(=O)O)C1CC(=O)CC2CC[C@@H]3[C@H](CC[C@]4(C)[C@@H](O)CC[C@@H]34)[C@]21C. The third kappa shape index (κ3) is 4.55. The molecule has 0 bridgehead atoms. The summed E-state index contributed by atoms with van der Waals surface area (Å²) in [6.07, 6.45) is 14.8. The molecule has 4 aliphatic rings. The van der Waals surface area contributed by atoms with Gasteiger partial charge in [0.25, 0.3) is 0 Å². The van der Waals surface area contributed by atoms with Gasteiger partial charge in [-0.3, -0.25) is 9.59 Å². The van der Waals surface area contributed by atoms with Crippen LogP contribution in [0.4, 0.5) is 0 Å². The lowest BCUT2D eigenvalue weighted by Gasteiger charge is -2.63. The first-order valence-electron chi connectivity index (χ1n) is 14.1. The van der Waals surface area contributed by atoms with E-state index in [4.69, 9.17) is 0 Å². The number of carboxylic acid groups (broad SMARTS) is 1. The number of aliphatic carboxylic acids is 1. The Hall–Kier alpha value is -0.900. The first-order chi connectivity index (χ1) is 15.7. The van der Waals surface area contributed by atoms with Crippen LogP contribution < -0.4 is 0 Å². The zero-order valence-electron chi connectivity index (χ0n) is 21.4. The Bertz CT molecular complexity index is 718. The molecule has 0 spiro atoms. The van der Waals surface area contributed by atoms with Crippen molar-refractivity contribution in [3.8, 4) is 0 Å². The fourth-order valence-electron chi connectivity index (χ4n) is 9.53. The Morgan fingerprint density at radius 2 is 1.79 bits per heavy atom. The summed E-state index contributed by atoms with van der Waals surface area (Å²) in [7, 11) is 0. The molecule has 188 valence electrons. The van der Waals surface area contributed by atoms with Gasteiger partial charge in [0.1, 0.15) is 5.78 Å². The first-order valence-corrected chi connectivity index (χ1v) is 14.1. The molecule has 4 saturated carbocycles. The minimum absolute atomic E-state index is 0.0766. The molecule has 0 amide bonds. The number of carboxylic acids is 1. The van der Waals surface area contributed by atoms with Crippen LogP contribution in [-0.4, -0.2) is 28.1 Å². The lowest BCUT2D eigenvalue weighted by Crippen LogP contribution is -2.58. The van der Waals surface area contributed by atoms with E-state index in [9.17, 15) is 19.8 Å². The van der Waals surface area contributed by atoms with Crippen LogP contribution >= 0.6 is 0 Å². The molecule has 0 heterocycles. The second-order valence-electron chi connectivity index (χ2n) is 12.8. The van der Waals surface area contributed by atoms with Crippen LogP contribution in [0.2, 0.25) is 0 Å².